The third-order valence-electron chi connectivity index (χ3n) is 3.27. The molecular formula is C17H12N2O3. The lowest BCUT2D eigenvalue weighted by atomic mass is 10.00. The van der Waals surface area contributed by atoms with Crippen LogP contribution in [0.2, 0.25) is 0 Å². The Morgan fingerprint density at radius 1 is 1.00 bits per heavy atom. The van der Waals surface area contributed by atoms with Crippen molar-refractivity contribution in [3.63, 3.8) is 0 Å². The van der Waals surface area contributed by atoms with E-state index in [-0.39, 0.29) is 22.8 Å². The number of pyridine rings is 1. The number of nitrogens with zero attached hydrogens (tertiary/aromatic N) is 2. The number of rotatable bonds is 4. The van der Waals surface area contributed by atoms with Gasteiger partial charge in [0.15, 0.2) is 11.5 Å². The van der Waals surface area contributed by atoms with E-state index in [1.165, 1.54) is 12.5 Å². The highest BCUT2D eigenvalue weighted by Crippen LogP contribution is 2.17. The van der Waals surface area contributed by atoms with Gasteiger partial charge < -0.3 is 4.52 Å². The molecule has 0 aliphatic carbocycles. The summed E-state index contributed by atoms with van der Waals surface area (Å²) in [6, 6.07) is 10.3. The lowest BCUT2D eigenvalue weighted by molar-refractivity contribution is 0.1000. The van der Waals surface area contributed by atoms with Crippen molar-refractivity contribution in [2.24, 2.45) is 0 Å². The minimum atomic E-state index is -0.346. The Morgan fingerprint density at radius 2 is 1.77 bits per heavy atom. The summed E-state index contributed by atoms with van der Waals surface area (Å²) in [7, 11) is 0. The number of aromatic nitrogens is 2. The minimum absolute atomic E-state index is 0.0118. The number of ketones is 2. The first-order valence-corrected chi connectivity index (χ1v) is 6.67. The molecule has 22 heavy (non-hydrogen) atoms. The smallest absolute Gasteiger partial charge is 0.215 e. The Bertz CT molecular complexity index is 821. The number of carbonyl (C=O) groups excluding carboxylic acids is 2. The molecule has 0 saturated carbocycles. The maximum absolute atomic E-state index is 12.5. The Balaban J connectivity index is 1.97. The van der Waals surface area contributed by atoms with Gasteiger partial charge >= 0.3 is 0 Å². The second kappa shape index (κ2) is 5.73. The Morgan fingerprint density at radius 3 is 2.45 bits per heavy atom. The molecule has 0 bridgehead atoms. The molecule has 5 heteroatoms. The van der Waals surface area contributed by atoms with Gasteiger partial charge in [-0.05, 0) is 19.1 Å². The van der Waals surface area contributed by atoms with Crippen LogP contribution in [0, 0.1) is 6.92 Å². The zero-order chi connectivity index (χ0) is 15.5. The van der Waals surface area contributed by atoms with E-state index in [4.69, 9.17) is 4.52 Å². The third-order valence-corrected chi connectivity index (χ3v) is 3.27. The molecule has 0 saturated heterocycles. The fourth-order valence-electron chi connectivity index (χ4n) is 2.06. The summed E-state index contributed by atoms with van der Waals surface area (Å²) in [6.45, 7) is 1.93. The van der Waals surface area contributed by atoms with Crippen molar-refractivity contribution in [1.29, 1.82) is 0 Å². The summed E-state index contributed by atoms with van der Waals surface area (Å²) < 4.78 is 4.84. The van der Waals surface area contributed by atoms with Crippen molar-refractivity contribution in [2.75, 3.05) is 0 Å². The van der Waals surface area contributed by atoms with Gasteiger partial charge in [0.2, 0.25) is 5.78 Å². The van der Waals surface area contributed by atoms with Gasteiger partial charge in [0.25, 0.3) is 0 Å². The van der Waals surface area contributed by atoms with Crippen molar-refractivity contribution < 1.29 is 14.1 Å². The Hall–Kier alpha value is -3.08. The molecule has 2 heterocycles. The molecule has 0 N–H and O–H groups in total. The normalized spacial score (nSPS) is 10.4. The molecule has 0 unspecified atom stereocenters. The minimum Gasteiger partial charge on any atom is -0.363 e. The summed E-state index contributed by atoms with van der Waals surface area (Å²) in [5, 5.41) is 3.70. The van der Waals surface area contributed by atoms with Gasteiger partial charge in [-0.25, -0.2) is 0 Å². The van der Waals surface area contributed by atoms with E-state index in [9.17, 15) is 9.59 Å². The Labute approximate surface area is 126 Å². The second-order valence-electron chi connectivity index (χ2n) is 4.84. The lowest BCUT2D eigenvalue weighted by Crippen LogP contribution is -2.10. The molecule has 0 amide bonds. The zero-order valence-electron chi connectivity index (χ0n) is 11.8. The number of hydrogen-bond acceptors (Lipinski definition) is 5. The summed E-state index contributed by atoms with van der Waals surface area (Å²) in [4.78, 5) is 28.8. The van der Waals surface area contributed by atoms with Crippen LogP contribution in [0.15, 0.2) is 59.6 Å². The molecular weight excluding hydrogens is 280 g/mol. The molecule has 3 aromatic rings. The van der Waals surface area contributed by atoms with Crippen LogP contribution in [0.3, 0.4) is 0 Å². The van der Waals surface area contributed by atoms with Crippen LogP contribution < -0.4 is 0 Å². The van der Waals surface area contributed by atoms with Gasteiger partial charge in [0.05, 0.1) is 5.56 Å². The molecule has 0 radical (unpaired) electrons. The maximum atomic E-state index is 12.5. The molecule has 5 nitrogen and oxygen atoms in total. The fourth-order valence-corrected chi connectivity index (χ4v) is 2.06. The van der Waals surface area contributed by atoms with Crippen LogP contribution in [0.5, 0.6) is 0 Å². The van der Waals surface area contributed by atoms with Crippen LogP contribution in [0.4, 0.5) is 0 Å². The lowest BCUT2D eigenvalue weighted by Gasteiger charge is -2.01. The molecule has 3 rings (SSSR count). The molecule has 0 aliphatic heterocycles. The molecule has 2 aromatic heterocycles. The van der Waals surface area contributed by atoms with Crippen LogP contribution >= 0.6 is 0 Å². The van der Waals surface area contributed by atoms with E-state index in [2.05, 4.69) is 10.1 Å². The number of benzene rings is 1. The van der Waals surface area contributed by atoms with E-state index in [0.29, 0.717) is 11.1 Å². The van der Waals surface area contributed by atoms with E-state index >= 15 is 0 Å². The summed E-state index contributed by atoms with van der Waals surface area (Å²) in [5.74, 6) is -0.689. The largest absolute Gasteiger partial charge is 0.363 e. The molecule has 1 aromatic carbocycles. The van der Waals surface area contributed by atoms with Crippen LogP contribution in [0.1, 0.15) is 37.5 Å². The van der Waals surface area contributed by atoms with Gasteiger partial charge in [0, 0.05) is 23.5 Å². The van der Waals surface area contributed by atoms with E-state index < -0.39 is 0 Å². The highest BCUT2D eigenvalue weighted by atomic mass is 16.5. The molecule has 108 valence electrons. The monoisotopic (exact) mass is 292 g/mol. The van der Waals surface area contributed by atoms with Crippen molar-refractivity contribution in [3.8, 4) is 0 Å². The predicted molar refractivity (Wildman–Crippen MR) is 78.8 cm³/mol. The van der Waals surface area contributed by atoms with Crippen molar-refractivity contribution in [2.45, 2.75) is 6.92 Å². The molecule has 0 spiro atoms. The van der Waals surface area contributed by atoms with E-state index in [0.717, 1.165) is 5.56 Å². The van der Waals surface area contributed by atoms with Crippen LogP contribution in [-0.2, 0) is 0 Å². The SMILES string of the molecule is Cc1ccc(C(=O)c2nocc2C(=O)c2cccnc2)cc1. The highest BCUT2D eigenvalue weighted by Gasteiger charge is 2.23. The number of aryl methyl sites for hydroxylation is 1. The van der Waals surface area contributed by atoms with Gasteiger partial charge in [-0.3, -0.25) is 14.6 Å². The van der Waals surface area contributed by atoms with Crippen LogP contribution in [-0.4, -0.2) is 21.7 Å². The average molecular weight is 292 g/mol. The van der Waals surface area contributed by atoms with E-state index in [1.807, 2.05) is 19.1 Å². The molecule has 0 fully saturated rings. The van der Waals surface area contributed by atoms with Gasteiger partial charge in [-0.2, -0.15) is 0 Å². The first-order chi connectivity index (χ1) is 10.7. The van der Waals surface area contributed by atoms with Crippen molar-refractivity contribution in [1.82, 2.24) is 10.1 Å². The fraction of sp³-hybridized carbons (Fsp3) is 0.0588. The quantitative estimate of drug-likeness (QED) is 0.691. The molecule has 0 aliphatic rings. The van der Waals surface area contributed by atoms with Gasteiger partial charge in [-0.15, -0.1) is 0 Å². The topological polar surface area (TPSA) is 73.1 Å². The standard InChI is InChI=1S/C17H12N2O3/c1-11-4-6-12(7-5-11)17(21)15-14(10-22-19-15)16(20)13-3-2-8-18-9-13/h2-10H,1H3. The summed E-state index contributed by atoms with van der Waals surface area (Å²) in [5.41, 5.74) is 2.03. The predicted octanol–water partition coefficient (Wildman–Crippen LogP) is 2.84. The number of carbonyl (C=O) groups is 2. The van der Waals surface area contributed by atoms with Gasteiger partial charge in [-0.1, -0.05) is 35.0 Å². The van der Waals surface area contributed by atoms with Crippen molar-refractivity contribution >= 4 is 11.6 Å². The first kappa shape index (κ1) is 13.9. The summed E-state index contributed by atoms with van der Waals surface area (Å²) in [6.07, 6.45) is 4.20. The zero-order valence-corrected chi connectivity index (χ0v) is 11.8. The molecule has 0 atom stereocenters. The maximum Gasteiger partial charge on any atom is 0.215 e. The van der Waals surface area contributed by atoms with Crippen molar-refractivity contribution in [3.05, 3.63) is 83.0 Å². The van der Waals surface area contributed by atoms with E-state index in [1.54, 1.807) is 30.5 Å². The van der Waals surface area contributed by atoms with Gasteiger partial charge in [0.1, 0.15) is 6.26 Å². The second-order valence-corrected chi connectivity index (χ2v) is 4.84. The summed E-state index contributed by atoms with van der Waals surface area (Å²) >= 11 is 0. The van der Waals surface area contributed by atoms with Crippen LogP contribution in [0.25, 0.3) is 0 Å². The first-order valence-electron chi connectivity index (χ1n) is 6.67. The average Bonchev–Trinajstić information content (AvgIpc) is 3.04. The number of hydrogen-bond donors (Lipinski definition) is 0. The third kappa shape index (κ3) is 2.56. The Kier molecular flexibility index (Phi) is 3.62. The highest BCUT2D eigenvalue weighted by molar-refractivity contribution is 6.18.